The molecule has 0 saturated carbocycles. The molecule has 1 aliphatic rings. The fraction of sp³-hybridized carbons (Fsp3) is 0.250. The highest BCUT2D eigenvalue weighted by atomic mass is 19.4. The smallest absolute Gasteiger partial charge is 0.416 e. The zero-order chi connectivity index (χ0) is 28.3. The van der Waals surface area contributed by atoms with Crippen LogP contribution in [0.1, 0.15) is 39.5 Å². The van der Waals surface area contributed by atoms with Crippen molar-refractivity contribution >= 4 is 17.5 Å². The van der Waals surface area contributed by atoms with Gasteiger partial charge in [0, 0.05) is 19.0 Å². The maximum atomic E-state index is 13.5. The van der Waals surface area contributed by atoms with Crippen molar-refractivity contribution < 1.29 is 36.6 Å². The normalized spacial score (nSPS) is 15.1. The van der Waals surface area contributed by atoms with Gasteiger partial charge in [0.05, 0.1) is 31.5 Å². The molecule has 0 saturated heterocycles. The van der Waals surface area contributed by atoms with E-state index < -0.39 is 35.4 Å². The van der Waals surface area contributed by atoms with Crippen LogP contribution in [0.2, 0.25) is 0 Å². The molecule has 0 N–H and O–H groups in total. The molecule has 7 nitrogen and oxygen atoms in total. The molecular formula is C28H25F4N3O4. The fourth-order valence-corrected chi connectivity index (χ4v) is 4.25. The first-order valence-electron chi connectivity index (χ1n) is 11.8. The Labute approximate surface area is 222 Å². The first-order chi connectivity index (χ1) is 18.5. The van der Waals surface area contributed by atoms with Crippen LogP contribution in [0.4, 0.5) is 17.6 Å². The Morgan fingerprint density at radius 1 is 0.974 bits per heavy atom. The highest BCUT2D eigenvalue weighted by Gasteiger charge is 2.35. The number of hydrogen-bond acceptors (Lipinski definition) is 5. The topological polar surface area (TPSA) is 71.4 Å². The van der Waals surface area contributed by atoms with Gasteiger partial charge < -0.3 is 14.4 Å². The number of alkyl halides is 3. The summed E-state index contributed by atoms with van der Waals surface area (Å²) in [5, 5.41) is 5.77. The number of methoxy groups -OCH3 is 2. The van der Waals surface area contributed by atoms with E-state index in [0.717, 1.165) is 29.2 Å². The van der Waals surface area contributed by atoms with Crippen LogP contribution < -0.4 is 9.47 Å². The lowest BCUT2D eigenvalue weighted by molar-refractivity contribution is -0.137. The summed E-state index contributed by atoms with van der Waals surface area (Å²) in [7, 11) is 4.37. The second kappa shape index (κ2) is 11.1. The fourth-order valence-electron chi connectivity index (χ4n) is 4.25. The predicted octanol–water partition coefficient (Wildman–Crippen LogP) is 5.31. The van der Waals surface area contributed by atoms with Gasteiger partial charge in [-0.05, 0) is 59.7 Å². The van der Waals surface area contributed by atoms with Gasteiger partial charge in [0.2, 0.25) is 0 Å². The van der Waals surface area contributed by atoms with Crippen molar-refractivity contribution in [2.45, 2.75) is 18.6 Å². The van der Waals surface area contributed by atoms with E-state index in [1.807, 2.05) is 0 Å². The van der Waals surface area contributed by atoms with Crippen LogP contribution in [-0.2, 0) is 11.0 Å². The molecule has 0 aromatic heterocycles. The number of nitrogens with zero attached hydrogens (tertiary/aromatic N) is 3. The third-order valence-electron chi connectivity index (χ3n) is 6.31. The Hall–Kier alpha value is -4.41. The van der Waals surface area contributed by atoms with Gasteiger partial charge in [-0.15, -0.1) is 0 Å². The van der Waals surface area contributed by atoms with Gasteiger partial charge in [0.1, 0.15) is 12.4 Å². The highest BCUT2D eigenvalue weighted by molar-refractivity contribution is 6.03. The van der Waals surface area contributed by atoms with Crippen molar-refractivity contribution in [2.24, 2.45) is 5.10 Å². The summed E-state index contributed by atoms with van der Waals surface area (Å²) in [5.41, 5.74) is 0.992. The van der Waals surface area contributed by atoms with Gasteiger partial charge >= 0.3 is 6.18 Å². The Morgan fingerprint density at radius 3 is 2.21 bits per heavy atom. The van der Waals surface area contributed by atoms with Crippen molar-refractivity contribution in [2.75, 3.05) is 27.8 Å². The van der Waals surface area contributed by atoms with E-state index >= 15 is 0 Å². The van der Waals surface area contributed by atoms with Crippen molar-refractivity contribution in [1.29, 1.82) is 0 Å². The summed E-state index contributed by atoms with van der Waals surface area (Å²) in [5.74, 6) is -0.604. The number of benzene rings is 3. The average molecular weight is 544 g/mol. The lowest BCUT2D eigenvalue weighted by atomic mass is 9.98. The summed E-state index contributed by atoms with van der Waals surface area (Å²) in [6.45, 7) is -0.385. The van der Waals surface area contributed by atoms with E-state index in [0.29, 0.717) is 34.8 Å². The minimum absolute atomic E-state index is 0.00617. The molecular weight excluding hydrogens is 518 g/mol. The third-order valence-corrected chi connectivity index (χ3v) is 6.31. The molecule has 11 heteroatoms. The summed E-state index contributed by atoms with van der Waals surface area (Å²) in [6, 6.07) is 14.1. The predicted molar refractivity (Wildman–Crippen MR) is 135 cm³/mol. The molecule has 0 radical (unpaired) electrons. The minimum Gasteiger partial charge on any atom is -0.493 e. The summed E-state index contributed by atoms with van der Waals surface area (Å²) in [4.78, 5) is 27.4. The minimum atomic E-state index is -4.53. The van der Waals surface area contributed by atoms with Gasteiger partial charge in [-0.2, -0.15) is 18.3 Å². The van der Waals surface area contributed by atoms with Crippen molar-refractivity contribution in [3.05, 3.63) is 94.8 Å². The standard InChI is InChI=1S/C28H25F4N3O4/c1-34(27(37)18-4-9-20(10-5-18)28(30,31)32)16-26(36)35-23(19-8-13-24(38-2)25(14-19)39-3)15-22(33-35)17-6-11-21(29)12-7-17/h4-14,23H,15-16H2,1-3H3/t23-/m1/s1. The zero-order valence-corrected chi connectivity index (χ0v) is 21.3. The summed E-state index contributed by atoms with van der Waals surface area (Å²) in [6.07, 6.45) is -4.22. The van der Waals surface area contributed by atoms with Crippen LogP contribution in [0.5, 0.6) is 11.5 Å². The molecule has 0 fully saturated rings. The quantitative estimate of drug-likeness (QED) is 0.379. The molecule has 4 rings (SSSR count). The first-order valence-corrected chi connectivity index (χ1v) is 11.8. The van der Waals surface area contributed by atoms with Crippen LogP contribution in [0, 0.1) is 5.82 Å². The molecule has 0 aliphatic carbocycles. The molecule has 1 atom stereocenters. The van der Waals surface area contributed by atoms with E-state index in [1.165, 1.54) is 38.4 Å². The lowest BCUT2D eigenvalue weighted by Crippen LogP contribution is -2.39. The number of carbonyl (C=O) groups excluding carboxylic acids is 2. The van der Waals surface area contributed by atoms with Crippen LogP contribution in [0.25, 0.3) is 0 Å². The summed E-state index contributed by atoms with van der Waals surface area (Å²) >= 11 is 0. The Balaban J connectivity index is 1.59. The lowest BCUT2D eigenvalue weighted by Gasteiger charge is -2.25. The molecule has 2 amide bonds. The van der Waals surface area contributed by atoms with Crippen molar-refractivity contribution in [1.82, 2.24) is 9.91 Å². The number of carbonyl (C=O) groups is 2. The van der Waals surface area contributed by atoms with Gasteiger partial charge in [-0.1, -0.05) is 18.2 Å². The maximum Gasteiger partial charge on any atom is 0.416 e. The molecule has 0 bridgehead atoms. The van der Waals surface area contributed by atoms with Crippen LogP contribution in [0.3, 0.4) is 0 Å². The number of halogens is 4. The Morgan fingerprint density at radius 2 is 1.62 bits per heavy atom. The zero-order valence-electron chi connectivity index (χ0n) is 21.3. The Kier molecular flexibility index (Phi) is 7.89. The number of amides is 2. The number of rotatable bonds is 7. The van der Waals surface area contributed by atoms with Gasteiger partial charge in [0.25, 0.3) is 11.8 Å². The number of hydrazone groups is 1. The van der Waals surface area contributed by atoms with Crippen LogP contribution in [-0.4, -0.2) is 55.2 Å². The average Bonchev–Trinajstić information content (AvgIpc) is 3.38. The molecule has 0 spiro atoms. The molecule has 1 aliphatic heterocycles. The maximum absolute atomic E-state index is 13.5. The van der Waals surface area contributed by atoms with E-state index in [9.17, 15) is 27.2 Å². The van der Waals surface area contributed by atoms with Gasteiger partial charge in [0.15, 0.2) is 11.5 Å². The molecule has 3 aromatic carbocycles. The van der Waals surface area contributed by atoms with Crippen LogP contribution in [0.15, 0.2) is 71.8 Å². The second-order valence-electron chi connectivity index (χ2n) is 8.86. The van der Waals surface area contributed by atoms with Crippen molar-refractivity contribution in [3.8, 4) is 11.5 Å². The molecule has 1 heterocycles. The SMILES string of the molecule is COc1ccc([C@H]2CC(c3ccc(F)cc3)=NN2C(=O)CN(C)C(=O)c2ccc(C(F)(F)F)cc2)cc1OC. The number of ether oxygens (including phenoxy) is 2. The number of likely N-dealkylation sites (N-methyl/N-ethyl adjacent to an activating group) is 1. The number of hydrogen-bond donors (Lipinski definition) is 0. The molecule has 0 unspecified atom stereocenters. The Bertz CT molecular complexity index is 1390. The van der Waals surface area contributed by atoms with Gasteiger partial charge in [-0.3, -0.25) is 9.59 Å². The van der Waals surface area contributed by atoms with Crippen molar-refractivity contribution in [3.63, 3.8) is 0 Å². The highest BCUT2D eigenvalue weighted by Crippen LogP contribution is 2.37. The first kappa shape index (κ1) is 27.6. The molecule has 3 aromatic rings. The van der Waals surface area contributed by atoms with E-state index in [2.05, 4.69) is 5.10 Å². The molecule has 204 valence electrons. The van der Waals surface area contributed by atoms with E-state index in [1.54, 1.807) is 30.3 Å². The van der Waals surface area contributed by atoms with Crippen LogP contribution >= 0.6 is 0 Å². The largest absolute Gasteiger partial charge is 0.493 e. The van der Waals surface area contributed by atoms with Gasteiger partial charge in [-0.25, -0.2) is 9.40 Å². The third kappa shape index (κ3) is 6.02. The summed E-state index contributed by atoms with van der Waals surface area (Å²) < 4.78 is 62.8. The van der Waals surface area contributed by atoms with E-state index in [-0.39, 0.29) is 12.1 Å². The van der Waals surface area contributed by atoms with E-state index in [4.69, 9.17) is 9.47 Å². The molecule has 39 heavy (non-hydrogen) atoms. The monoisotopic (exact) mass is 543 g/mol. The second-order valence-corrected chi connectivity index (χ2v) is 8.86.